The third-order valence-corrected chi connectivity index (χ3v) is 4.76. The number of ether oxygens (including phenoxy) is 1. The molecular formula is C18H25N3O2. The van der Waals surface area contributed by atoms with Gasteiger partial charge in [-0.3, -0.25) is 9.69 Å². The van der Waals surface area contributed by atoms with Crippen molar-refractivity contribution in [1.29, 1.82) is 0 Å². The van der Waals surface area contributed by atoms with Crippen LogP contribution in [0, 0.1) is 0 Å². The van der Waals surface area contributed by atoms with Crippen LogP contribution in [-0.2, 0) is 4.74 Å². The van der Waals surface area contributed by atoms with Gasteiger partial charge < -0.3 is 9.64 Å². The summed E-state index contributed by atoms with van der Waals surface area (Å²) in [7, 11) is 0. The SMILES string of the molecule is C=CN(c1ccc(C(=O)CCN2CCOCC2)cn1)C1CCC1. The average Bonchev–Trinajstić information content (AvgIpc) is 2.57. The van der Waals surface area contributed by atoms with E-state index in [9.17, 15) is 4.79 Å². The van der Waals surface area contributed by atoms with Gasteiger partial charge in [-0.15, -0.1) is 0 Å². The molecule has 1 aromatic rings. The van der Waals surface area contributed by atoms with Crippen LogP contribution in [0.1, 0.15) is 36.0 Å². The van der Waals surface area contributed by atoms with Crippen molar-refractivity contribution >= 4 is 11.6 Å². The molecule has 0 spiro atoms. The zero-order chi connectivity index (χ0) is 16.1. The monoisotopic (exact) mass is 315 g/mol. The Kier molecular flexibility index (Phi) is 5.41. The molecule has 0 bridgehead atoms. The lowest BCUT2D eigenvalue weighted by Crippen LogP contribution is -2.37. The van der Waals surface area contributed by atoms with Gasteiger partial charge in [0.1, 0.15) is 5.82 Å². The normalized spacial score (nSPS) is 19.1. The Labute approximate surface area is 137 Å². The van der Waals surface area contributed by atoms with Gasteiger partial charge in [-0.05, 0) is 37.6 Å². The molecule has 3 rings (SSSR count). The van der Waals surface area contributed by atoms with Crippen molar-refractivity contribution < 1.29 is 9.53 Å². The number of nitrogens with zero attached hydrogens (tertiary/aromatic N) is 3. The molecule has 1 aliphatic heterocycles. The third kappa shape index (κ3) is 3.98. The Morgan fingerprint density at radius 3 is 2.74 bits per heavy atom. The summed E-state index contributed by atoms with van der Waals surface area (Å²) in [5.74, 6) is 1.04. The maximum absolute atomic E-state index is 12.3. The van der Waals surface area contributed by atoms with Crippen LogP contribution in [0.15, 0.2) is 31.1 Å². The zero-order valence-electron chi connectivity index (χ0n) is 13.6. The molecule has 0 radical (unpaired) electrons. The first-order valence-corrected chi connectivity index (χ1v) is 8.48. The maximum Gasteiger partial charge on any atom is 0.165 e. The predicted octanol–water partition coefficient (Wildman–Crippen LogP) is 2.49. The van der Waals surface area contributed by atoms with Gasteiger partial charge in [0, 0.05) is 43.9 Å². The van der Waals surface area contributed by atoms with Crippen molar-refractivity contribution in [1.82, 2.24) is 9.88 Å². The Hall–Kier alpha value is -1.72. The summed E-state index contributed by atoms with van der Waals surface area (Å²) >= 11 is 0. The summed E-state index contributed by atoms with van der Waals surface area (Å²) in [6.45, 7) is 8.05. The average molecular weight is 315 g/mol. The predicted molar refractivity (Wildman–Crippen MR) is 90.8 cm³/mol. The van der Waals surface area contributed by atoms with Gasteiger partial charge >= 0.3 is 0 Å². The van der Waals surface area contributed by atoms with Crippen LogP contribution in [0.4, 0.5) is 5.82 Å². The number of pyridine rings is 1. The fraction of sp³-hybridized carbons (Fsp3) is 0.556. The first kappa shape index (κ1) is 16.1. The third-order valence-electron chi connectivity index (χ3n) is 4.76. The Balaban J connectivity index is 1.55. The largest absolute Gasteiger partial charge is 0.379 e. The minimum atomic E-state index is 0.157. The lowest BCUT2D eigenvalue weighted by molar-refractivity contribution is 0.0370. The molecule has 5 heteroatoms. The van der Waals surface area contributed by atoms with E-state index in [-0.39, 0.29) is 5.78 Å². The molecule has 0 unspecified atom stereocenters. The second kappa shape index (κ2) is 7.70. The number of carbonyl (C=O) groups excluding carboxylic acids is 1. The molecule has 1 saturated heterocycles. The minimum Gasteiger partial charge on any atom is -0.379 e. The molecule has 124 valence electrons. The van der Waals surface area contributed by atoms with E-state index >= 15 is 0 Å². The van der Waals surface area contributed by atoms with Gasteiger partial charge in [0.25, 0.3) is 0 Å². The van der Waals surface area contributed by atoms with Gasteiger partial charge in [0.2, 0.25) is 0 Å². The highest BCUT2D eigenvalue weighted by Gasteiger charge is 2.24. The van der Waals surface area contributed by atoms with Crippen molar-refractivity contribution in [2.45, 2.75) is 31.7 Å². The quantitative estimate of drug-likeness (QED) is 0.723. The highest BCUT2D eigenvalue weighted by molar-refractivity contribution is 5.96. The van der Waals surface area contributed by atoms with Gasteiger partial charge in [0.15, 0.2) is 5.78 Å². The fourth-order valence-corrected chi connectivity index (χ4v) is 3.03. The standard InChI is InChI=1S/C18H25N3O2/c1-2-21(16-4-3-5-16)18-7-6-15(14-19-18)17(22)8-9-20-10-12-23-13-11-20/h2,6-7,14,16H,1,3-5,8-13H2. The van der Waals surface area contributed by atoms with E-state index in [1.165, 1.54) is 19.3 Å². The van der Waals surface area contributed by atoms with Crippen molar-refractivity contribution in [3.63, 3.8) is 0 Å². The molecule has 1 aromatic heterocycles. The summed E-state index contributed by atoms with van der Waals surface area (Å²) in [5, 5.41) is 0. The van der Waals surface area contributed by atoms with Crippen LogP contribution in [0.5, 0.6) is 0 Å². The first-order chi connectivity index (χ1) is 11.3. The topological polar surface area (TPSA) is 45.7 Å². The molecule has 5 nitrogen and oxygen atoms in total. The molecule has 0 aromatic carbocycles. The van der Waals surface area contributed by atoms with Gasteiger partial charge in [-0.1, -0.05) is 6.58 Å². The van der Waals surface area contributed by atoms with Gasteiger partial charge in [-0.25, -0.2) is 4.98 Å². The van der Waals surface area contributed by atoms with E-state index in [1.807, 2.05) is 18.3 Å². The van der Waals surface area contributed by atoms with Crippen LogP contribution >= 0.6 is 0 Å². The summed E-state index contributed by atoms with van der Waals surface area (Å²) < 4.78 is 5.32. The van der Waals surface area contributed by atoms with E-state index in [2.05, 4.69) is 21.4 Å². The highest BCUT2D eigenvalue weighted by Crippen LogP contribution is 2.28. The summed E-state index contributed by atoms with van der Waals surface area (Å²) in [6, 6.07) is 4.34. The van der Waals surface area contributed by atoms with Crippen LogP contribution in [0.2, 0.25) is 0 Å². The molecule has 0 N–H and O–H groups in total. The molecular weight excluding hydrogens is 290 g/mol. The number of ketones is 1. The summed E-state index contributed by atoms with van der Waals surface area (Å²) in [4.78, 5) is 21.2. The highest BCUT2D eigenvalue weighted by atomic mass is 16.5. The van der Waals surface area contributed by atoms with E-state index in [4.69, 9.17) is 4.74 Å². The number of morpholine rings is 1. The molecule has 2 heterocycles. The number of hydrogen-bond donors (Lipinski definition) is 0. The van der Waals surface area contributed by atoms with Crippen molar-refractivity contribution in [2.24, 2.45) is 0 Å². The number of aromatic nitrogens is 1. The zero-order valence-corrected chi connectivity index (χ0v) is 13.6. The maximum atomic E-state index is 12.3. The second-order valence-corrected chi connectivity index (χ2v) is 6.21. The van der Waals surface area contributed by atoms with Crippen molar-refractivity contribution in [3.8, 4) is 0 Å². The van der Waals surface area contributed by atoms with E-state index in [1.54, 1.807) is 6.20 Å². The molecule has 0 atom stereocenters. The van der Waals surface area contributed by atoms with Crippen LogP contribution < -0.4 is 4.90 Å². The number of Topliss-reactive ketones (excluding diaryl/α,β-unsaturated/α-hetero) is 1. The minimum absolute atomic E-state index is 0.157. The van der Waals surface area contributed by atoms with Gasteiger partial charge in [-0.2, -0.15) is 0 Å². The summed E-state index contributed by atoms with van der Waals surface area (Å²) in [6.07, 6.45) is 7.72. The second-order valence-electron chi connectivity index (χ2n) is 6.21. The Bertz CT molecular complexity index is 534. The smallest absolute Gasteiger partial charge is 0.165 e. The van der Waals surface area contributed by atoms with Crippen LogP contribution in [0.3, 0.4) is 0 Å². The number of rotatable bonds is 7. The summed E-state index contributed by atoms with van der Waals surface area (Å²) in [5.41, 5.74) is 0.694. The molecule has 0 amide bonds. The van der Waals surface area contributed by atoms with Crippen molar-refractivity contribution in [2.75, 3.05) is 37.7 Å². The van der Waals surface area contributed by atoms with Gasteiger partial charge in [0.05, 0.1) is 13.2 Å². The molecule has 2 aliphatic rings. The van der Waals surface area contributed by atoms with Crippen LogP contribution in [0.25, 0.3) is 0 Å². The van der Waals surface area contributed by atoms with E-state index in [0.29, 0.717) is 18.0 Å². The molecule has 23 heavy (non-hydrogen) atoms. The Morgan fingerprint density at radius 1 is 1.39 bits per heavy atom. The molecule has 1 aliphatic carbocycles. The first-order valence-electron chi connectivity index (χ1n) is 8.48. The lowest BCUT2D eigenvalue weighted by atomic mass is 9.92. The number of anilines is 1. The molecule has 2 fully saturated rings. The Morgan fingerprint density at radius 2 is 2.17 bits per heavy atom. The lowest BCUT2D eigenvalue weighted by Gasteiger charge is -2.35. The van der Waals surface area contributed by atoms with E-state index < -0.39 is 0 Å². The van der Waals surface area contributed by atoms with E-state index in [0.717, 1.165) is 38.7 Å². The van der Waals surface area contributed by atoms with Crippen LogP contribution in [-0.4, -0.2) is 54.6 Å². The number of carbonyl (C=O) groups is 1. The number of hydrogen-bond acceptors (Lipinski definition) is 5. The van der Waals surface area contributed by atoms with Crippen molar-refractivity contribution in [3.05, 3.63) is 36.7 Å². The fourth-order valence-electron chi connectivity index (χ4n) is 3.03. The molecule has 1 saturated carbocycles.